The van der Waals surface area contributed by atoms with Gasteiger partial charge in [0.15, 0.2) is 5.72 Å². The van der Waals surface area contributed by atoms with E-state index in [4.69, 9.17) is 49.5 Å². The molecule has 428 valence electrons. The molecule has 2 fully saturated rings. The van der Waals surface area contributed by atoms with Crippen molar-refractivity contribution in [1.29, 1.82) is 0 Å². The number of anilines is 1. The van der Waals surface area contributed by atoms with Crippen LogP contribution in [0, 0.1) is 5.92 Å². The number of aromatic nitrogens is 3. The van der Waals surface area contributed by atoms with Gasteiger partial charge < -0.3 is 58.1 Å². The summed E-state index contributed by atoms with van der Waals surface area (Å²) < 4.78 is 47.8. The molecule has 4 bridgehead atoms. The first-order chi connectivity index (χ1) is 37.2. The summed E-state index contributed by atoms with van der Waals surface area (Å²) >= 11 is 6.82. The van der Waals surface area contributed by atoms with E-state index in [0.717, 1.165) is 16.0 Å². The molecule has 0 aliphatic carbocycles. The fourth-order valence-electron chi connectivity index (χ4n) is 9.29. The first-order valence-corrected chi connectivity index (χ1v) is 26.3. The van der Waals surface area contributed by atoms with E-state index < -0.39 is 77.5 Å². The van der Waals surface area contributed by atoms with Crippen LogP contribution in [0.25, 0.3) is 0 Å². The number of fused-ring (bicyclic) bond motifs is 5. The summed E-state index contributed by atoms with van der Waals surface area (Å²) in [5.74, 6) is -2.91. The zero-order chi connectivity index (χ0) is 56.7. The molecular weight excluding hydrogens is 1040 g/mol. The number of rotatable bonds is 24. The number of alkyl carbamates (subject to hydrolysis) is 1. The number of allylic oxidation sites excluding steroid dienone is 3. The molecule has 3 N–H and O–H groups in total. The molecule has 6 rings (SSSR count). The fraction of sp³-hybridized carbons (Fsp3) is 0.604. The van der Waals surface area contributed by atoms with Gasteiger partial charge in [-0.2, -0.15) is 0 Å². The summed E-state index contributed by atoms with van der Waals surface area (Å²) in [6.45, 7) is 9.46. The van der Waals surface area contributed by atoms with Crippen molar-refractivity contribution in [3.63, 3.8) is 0 Å². The third-order valence-corrected chi connectivity index (χ3v) is 14.5. The SMILES string of the molecule is COc1cc2cc(c1Cl)N(C)C(=O)C[C@H](OC(=O)[C@H](C)N(C)C(=O)CCCCn1cc(COCCOCCOCCNC(=O)CCN3C(=O)C=CC3=O)nn1)C1(C)O[C@H]1[C@H](C)[C@@H]1C[C@@](O)(NC(=O)O1)C(OC)/C=C/C=C(\C)C2. The van der Waals surface area contributed by atoms with Gasteiger partial charge in [-0.05, 0) is 57.7 Å². The van der Waals surface area contributed by atoms with Crippen LogP contribution in [0.5, 0.6) is 5.75 Å². The number of hydrogen-bond donors (Lipinski definition) is 3. The summed E-state index contributed by atoms with van der Waals surface area (Å²) in [7, 11) is 5.97. The molecule has 2 saturated heterocycles. The Labute approximate surface area is 458 Å². The number of amides is 6. The Morgan fingerprint density at radius 1 is 1.01 bits per heavy atom. The van der Waals surface area contributed by atoms with Gasteiger partial charge in [0.25, 0.3) is 11.8 Å². The number of likely N-dealkylation sites (N-methyl/N-ethyl adjacent to an activating group) is 1. The normalized spacial score (nSPS) is 25.8. The van der Waals surface area contributed by atoms with Gasteiger partial charge in [-0.15, -0.1) is 5.10 Å². The molecular formula is C53H73ClN8O16. The summed E-state index contributed by atoms with van der Waals surface area (Å²) in [4.78, 5) is 93.7. The highest BCUT2D eigenvalue weighted by Crippen LogP contribution is 2.49. The number of carbonyl (C=O) groups is 7. The van der Waals surface area contributed by atoms with Gasteiger partial charge in [0.05, 0.1) is 71.2 Å². The smallest absolute Gasteiger partial charge is 0.409 e. The second-order valence-corrected chi connectivity index (χ2v) is 20.3. The van der Waals surface area contributed by atoms with E-state index in [-0.39, 0.29) is 68.8 Å². The topological polar surface area (TPSA) is 281 Å². The van der Waals surface area contributed by atoms with E-state index in [2.05, 4.69) is 20.9 Å². The van der Waals surface area contributed by atoms with Gasteiger partial charge in [0, 0.05) is 78.2 Å². The summed E-state index contributed by atoms with van der Waals surface area (Å²) in [6, 6.07) is 2.50. The lowest BCUT2D eigenvalue weighted by Crippen LogP contribution is -2.63. The van der Waals surface area contributed by atoms with Crippen molar-refractivity contribution in [3.8, 4) is 5.75 Å². The summed E-state index contributed by atoms with van der Waals surface area (Å²) in [6.07, 6.45) is 5.89. The Kier molecular flexibility index (Phi) is 21.9. The van der Waals surface area contributed by atoms with Crippen molar-refractivity contribution in [2.75, 3.05) is 79.3 Å². The molecule has 2 unspecified atom stereocenters. The Hall–Kier alpha value is -6.28. The molecule has 6 amide bonds. The number of ether oxygens (including phenoxy) is 8. The van der Waals surface area contributed by atoms with Crippen LogP contribution in [-0.2, 0) is 81.5 Å². The average molecular weight is 1110 g/mol. The molecule has 0 saturated carbocycles. The highest BCUT2D eigenvalue weighted by Gasteiger charge is 2.64. The Morgan fingerprint density at radius 3 is 2.42 bits per heavy atom. The highest BCUT2D eigenvalue weighted by molar-refractivity contribution is 6.35. The molecule has 0 spiro atoms. The lowest BCUT2D eigenvalue weighted by molar-refractivity contribution is -0.162. The van der Waals surface area contributed by atoms with Gasteiger partial charge >= 0.3 is 12.1 Å². The first-order valence-electron chi connectivity index (χ1n) is 25.9. The maximum Gasteiger partial charge on any atom is 0.409 e. The molecule has 78 heavy (non-hydrogen) atoms. The lowest BCUT2D eigenvalue weighted by Gasteiger charge is -2.42. The second-order valence-electron chi connectivity index (χ2n) is 19.9. The largest absolute Gasteiger partial charge is 0.495 e. The summed E-state index contributed by atoms with van der Waals surface area (Å²) in [5.41, 5.74) is -0.473. The molecule has 4 aliphatic heterocycles. The van der Waals surface area contributed by atoms with Crippen molar-refractivity contribution in [2.24, 2.45) is 5.92 Å². The van der Waals surface area contributed by atoms with Crippen LogP contribution in [0.15, 0.2) is 54.3 Å². The third-order valence-electron chi connectivity index (χ3n) is 14.2. The Balaban J connectivity index is 0.960. The minimum atomic E-state index is -1.87. The number of halogens is 1. The quantitative estimate of drug-likeness (QED) is 0.0590. The number of aliphatic hydroxyl groups is 1. The molecule has 1 aromatic heterocycles. The number of aryl methyl sites for hydroxylation is 1. The van der Waals surface area contributed by atoms with Crippen LogP contribution >= 0.6 is 11.6 Å². The fourth-order valence-corrected chi connectivity index (χ4v) is 9.60. The number of benzene rings is 1. The molecule has 24 nitrogen and oxygen atoms in total. The lowest BCUT2D eigenvalue weighted by atomic mass is 9.83. The zero-order valence-corrected chi connectivity index (χ0v) is 46.3. The van der Waals surface area contributed by atoms with Gasteiger partial charge in [0.2, 0.25) is 17.7 Å². The van der Waals surface area contributed by atoms with Gasteiger partial charge in [-0.3, -0.25) is 38.9 Å². The predicted octanol–water partition coefficient (Wildman–Crippen LogP) is 2.96. The molecule has 4 aliphatic rings. The zero-order valence-electron chi connectivity index (χ0n) is 45.5. The van der Waals surface area contributed by atoms with Crippen molar-refractivity contribution < 1.29 is 76.6 Å². The van der Waals surface area contributed by atoms with Crippen LogP contribution in [0.4, 0.5) is 10.5 Å². The Morgan fingerprint density at radius 2 is 1.72 bits per heavy atom. The van der Waals surface area contributed by atoms with E-state index in [9.17, 15) is 38.7 Å². The van der Waals surface area contributed by atoms with E-state index >= 15 is 0 Å². The number of nitrogens with zero attached hydrogens (tertiary/aromatic N) is 6. The molecule has 0 radical (unpaired) electrons. The van der Waals surface area contributed by atoms with Crippen LogP contribution in [-0.4, -0.2) is 188 Å². The Bertz CT molecular complexity index is 2560. The predicted molar refractivity (Wildman–Crippen MR) is 280 cm³/mol. The number of hydrogen-bond acceptors (Lipinski definition) is 18. The molecule has 25 heteroatoms. The van der Waals surface area contributed by atoms with Crippen LogP contribution in [0.3, 0.4) is 0 Å². The van der Waals surface area contributed by atoms with Crippen molar-refractivity contribution in [2.45, 2.75) is 128 Å². The first kappa shape index (κ1) is 60.9. The van der Waals surface area contributed by atoms with Crippen LogP contribution < -0.4 is 20.3 Å². The van der Waals surface area contributed by atoms with Gasteiger partial charge in [0.1, 0.15) is 46.4 Å². The number of unbranched alkanes of at least 4 members (excludes halogenated alkanes) is 1. The van der Waals surface area contributed by atoms with Crippen LogP contribution in [0.1, 0.15) is 77.5 Å². The minimum Gasteiger partial charge on any atom is -0.495 e. The van der Waals surface area contributed by atoms with Crippen molar-refractivity contribution in [3.05, 3.63) is 70.6 Å². The van der Waals surface area contributed by atoms with Crippen molar-refractivity contribution >= 4 is 58.9 Å². The monoisotopic (exact) mass is 1110 g/mol. The van der Waals surface area contributed by atoms with E-state index in [1.54, 1.807) is 63.0 Å². The number of epoxide rings is 1. The molecule has 5 heterocycles. The second kappa shape index (κ2) is 28.0. The molecule has 2 aromatic rings. The number of nitrogens with one attached hydrogen (secondary N) is 2. The van der Waals surface area contributed by atoms with E-state index in [0.29, 0.717) is 69.4 Å². The highest BCUT2D eigenvalue weighted by atomic mass is 35.5. The van der Waals surface area contributed by atoms with Gasteiger partial charge in [-0.25, -0.2) is 9.59 Å². The standard InChI is InChI=1S/C53H73ClN8O16/c1-33-12-11-13-41(72-8)53(70)30-40(76-51(69)56-53)34(2)49-52(4,78-49)42(29-47(67)60(6)38-27-36(26-33)28-39(71-7)48(38)54)77-50(68)35(3)59(5)44(64)14-9-10-19-61-31-37(57-58-61)32-75-25-24-74-23-22-73-21-18-55-43(63)17-20-62-45(65)15-16-46(62)66/h11-13,15-16,27-28,31,34-35,40-42,49,70H,9-10,14,17-26,29-30,32H2,1-8H3,(H,55,63)(H,56,69)/b13-11+,33-12+/t34-,35+,40+,41?,42+,49+,52?,53+/m1/s1. The van der Waals surface area contributed by atoms with Crippen LogP contribution in [0.2, 0.25) is 5.02 Å². The maximum absolute atomic E-state index is 14.3. The summed E-state index contributed by atoms with van der Waals surface area (Å²) in [5, 5.41) is 25.5. The molecule has 8 atom stereocenters. The van der Waals surface area contributed by atoms with Crippen molar-refractivity contribution in [1.82, 2.24) is 35.4 Å². The minimum absolute atomic E-state index is 0.00864. The number of carbonyl (C=O) groups excluding carboxylic acids is 7. The number of esters is 1. The maximum atomic E-state index is 14.3. The van der Waals surface area contributed by atoms with E-state index in [1.165, 1.54) is 43.2 Å². The number of imide groups is 1. The van der Waals surface area contributed by atoms with E-state index in [1.807, 2.05) is 13.0 Å². The molecule has 1 aromatic carbocycles. The average Bonchev–Trinajstić information content (AvgIpc) is 3.88. The number of methoxy groups -OCH3 is 2. The van der Waals surface area contributed by atoms with Gasteiger partial charge in [-0.1, -0.05) is 47.5 Å². The third kappa shape index (κ3) is 16.2.